The van der Waals surface area contributed by atoms with Gasteiger partial charge in [0.1, 0.15) is 0 Å². The van der Waals surface area contributed by atoms with Crippen LogP contribution in [-0.4, -0.2) is 56.6 Å². The van der Waals surface area contributed by atoms with Gasteiger partial charge in [0.25, 0.3) is 5.91 Å². The van der Waals surface area contributed by atoms with Gasteiger partial charge in [-0.05, 0) is 62.3 Å². The number of amides is 1. The largest absolute Gasteiger partial charge is 0.302 e. The van der Waals surface area contributed by atoms with Crippen molar-refractivity contribution in [2.75, 3.05) is 37.3 Å². The lowest BCUT2D eigenvalue weighted by molar-refractivity contribution is 0.0980. The SMILES string of the molecule is CCN(CC)CCN(C(=O)c1ccccc1S(C)(=O)=O)c1nc2cc(C)c(C)cc2s1. The lowest BCUT2D eigenvalue weighted by Crippen LogP contribution is -2.39. The zero-order chi connectivity index (χ0) is 22.8. The molecule has 6 nitrogen and oxygen atoms in total. The Labute approximate surface area is 188 Å². The summed E-state index contributed by atoms with van der Waals surface area (Å²) in [4.78, 5) is 22.3. The van der Waals surface area contributed by atoms with Crippen LogP contribution in [0.25, 0.3) is 10.2 Å². The number of rotatable bonds is 8. The summed E-state index contributed by atoms with van der Waals surface area (Å²) in [5.41, 5.74) is 3.34. The highest BCUT2D eigenvalue weighted by molar-refractivity contribution is 7.90. The molecule has 8 heteroatoms. The number of anilines is 1. The molecule has 0 saturated carbocycles. The smallest absolute Gasteiger partial charge is 0.261 e. The van der Waals surface area contributed by atoms with Crippen LogP contribution in [0.4, 0.5) is 5.13 Å². The van der Waals surface area contributed by atoms with E-state index in [4.69, 9.17) is 4.98 Å². The molecule has 166 valence electrons. The summed E-state index contributed by atoms with van der Waals surface area (Å²) < 4.78 is 25.6. The molecule has 1 aromatic heterocycles. The summed E-state index contributed by atoms with van der Waals surface area (Å²) in [6.07, 6.45) is 1.13. The first kappa shape index (κ1) is 23.4. The monoisotopic (exact) mass is 459 g/mol. The van der Waals surface area contributed by atoms with Crippen molar-refractivity contribution in [1.82, 2.24) is 9.88 Å². The number of aromatic nitrogens is 1. The average molecular weight is 460 g/mol. The van der Waals surface area contributed by atoms with Gasteiger partial charge >= 0.3 is 0 Å². The van der Waals surface area contributed by atoms with Gasteiger partial charge in [-0.15, -0.1) is 0 Å². The van der Waals surface area contributed by atoms with Gasteiger partial charge in [-0.2, -0.15) is 0 Å². The van der Waals surface area contributed by atoms with Gasteiger partial charge in [0.2, 0.25) is 0 Å². The highest BCUT2D eigenvalue weighted by Crippen LogP contribution is 2.32. The molecule has 31 heavy (non-hydrogen) atoms. The Morgan fingerprint density at radius 1 is 1.03 bits per heavy atom. The van der Waals surface area contributed by atoms with Crippen LogP contribution >= 0.6 is 11.3 Å². The van der Waals surface area contributed by atoms with Crippen molar-refractivity contribution in [1.29, 1.82) is 0 Å². The molecule has 0 unspecified atom stereocenters. The first-order valence-electron chi connectivity index (χ1n) is 10.4. The molecule has 0 saturated heterocycles. The van der Waals surface area contributed by atoms with Crippen LogP contribution in [0.5, 0.6) is 0 Å². The molecule has 1 amide bonds. The van der Waals surface area contributed by atoms with Gasteiger partial charge in [0, 0.05) is 19.3 Å². The Bertz CT molecular complexity index is 1160. The van der Waals surface area contributed by atoms with Crippen molar-refractivity contribution >= 4 is 42.4 Å². The van der Waals surface area contributed by atoms with E-state index in [1.54, 1.807) is 23.1 Å². The molecule has 3 aromatic rings. The number of sulfone groups is 1. The maximum Gasteiger partial charge on any atom is 0.261 e. The number of carbonyl (C=O) groups is 1. The molecule has 0 fully saturated rings. The Kier molecular flexibility index (Phi) is 7.13. The Balaban J connectivity index is 2.08. The quantitative estimate of drug-likeness (QED) is 0.502. The first-order valence-corrected chi connectivity index (χ1v) is 13.1. The number of thiazole rings is 1. The Morgan fingerprint density at radius 2 is 1.68 bits per heavy atom. The van der Waals surface area contributed by atoms with Crippen molar-refractivity contribution < 1.29 is 13.2 Å². The van der Waals surface area contributed by atoms with Gasteiger partial charge in [-0.25, -0.2) is 13.4 Å². The fourth-order valence-corrected chi connectivity index (χ4v) is 5.41. The summed E-state index contributed by atoms with van der Waals surface area (Å²) >= 11 is 1.46. The minimum absolute atomic E-state index is 0.0423. The number of carbonyl (C=O) groups excluding carboxylic acids is 1. The predicted octanol–water partition coefficient (Wildman–Crippen LogP) is 4.31. The van der Waals surface area contributed by atoms with Crippen molar-refractivity contribution in [2.45, 2.75) is 32.6 Å². The summed E-state index contributed by atoms with van der Waals surface area (Å²) in [6.45, 7) is 11.1. The van der Waals surface area contributed by atoms with Crippen LogP contribution in [-0.2, 0) is 9.84 Å². The van der Waals surface area contributed by atoms with Crippen LogP contribution < -0.4 is 4.90 Å². The van der Waals surface area contributed by atoms with E-state index in [9.17, 15) is 13.2 Å². The fraction of sp³-hybridized carbons (Fsp3) is 0.391. The molecule has 0 N–H and O–H groups in total. The average Bonchev–Trinajstić information content (AvgIpc) is 3.12. The Hall–Kier alpha value is -2.29. The molecular formula is C23H29N3O3S2. The van der Waals surface area contributed by atoms with Gasteiger partial charge in [-0.3, -0.25) is 9.69 Å². The van der Waals surface area contributed by atoms with Crippen LogP contribution in [0, 0.1) is 13.8 Å². The van der Waals surface area contributed by atoms with Gasteiger partial charge in [-0.1, -0.05) is 37.3 Å². The van der Waals surface area contributed by atoms with E-state index in [1.807, 2.05) is 13.0 Å². The van der Waals surface area contributed by atoms with Crippen molar-refractivity contribution in [3.63, 3.8) is 0 Å². The predicted molar refractivity (Wildman–Crippen MR) is 128 cm³/mol. The van der Waals surface area contributed by atoms with E-state index in [0.29, 0.717) is 18.2 Å². The summed E-state index contributed by atoms with van der Waals surface area (Å²) in [7, 11) is -3.55. The summed E-state index contributed by atoms with van der Waals surface area (Å²) in [5.74, 6) is -0.347. The first-order chi connectivity index (χ1) is 14.7. The van der Waals surface area contributed by atoms with E-state index < -0.39 is 9.84 Å². The molecular weight excluding hydrogens is 430 g/mol. The third-order valence-corrected chi connectivity index (χ3v) is 7.72. The molecule has 1 heterocycles. The van der Waals surface area contributed by atoms with Crippen molar-refractivity contribution in [3.8, 4) is 0 Å². The Morgan fingerprint density at radius 3 is 2.32 bits per heavy atom. The molecule has 3 rings (SSSR count). The summed E-state index contributed by atoms with van der Waals surface area (Å²) in [6, 6.07) is 10.5. The summed E-state index contributed by atoms with van der Waals surface area (Å²) in [5, 5.41) is 0.584. The third kappa shape index (κ3) is 5.14. The van der Waals surface area contributed by atoms with E-state index in [0.717, 1.165) is 35.1 Å². The van der Waals surface area contributed by atoms with E-state index in [1.165, 1.54) is 23.0 Å². The lowest BCUT2D eigenvalue weighted by Gasteiger charge is -2.25. The molecule has 0 spiro atoms. The molecule has 2 aromatic carbocycles. The van der Waals surface area contributed by atoms with E-state index >= 15 is 0 Å². The second kappa shape index (κ2) is 9.46. The standard InChI is InChI=1S/C23H29N3O3S2/c1-6-25(7-2)12-13-26(22(27)18-10-8-9-11-21(18)31(5,28)29)23-24-19-14-16(3)17(4)15-20(19)30-23/h8-11,14-15H,6-7,12-13H2,1-5H3. The number of fused-ring (bicyclic) bond motifs is 1. The van der Waals surface area contributed by atoms with Crippen LogP contribution in [0.3, 0.4) is 0 Å². The van der Waals surface area contributed by atoms with Gasteiger partial charge < -0.3 is 4.90 Å². The van der Waals surface area contributed by atoms with Gasteiger partial charge in [0.05, 0.1) is 20.7 Å². The third-order valence-electron chi connectivity index (χ3n) is 5.52. The fourth-order valence-electron chi connectivity index (χ4n) is 3.46. The van der Waals surface area contributed by atoms with E-state index in [-0.39, 0.29) is 16.4 Å². The zero-order valence-corrected chi connectivity index (χ0v) is 20.3. The number of hydrogen-bond donors (Lipinski definition) is 0. The maximum atomic E-state index is 13.6. The minimum atomic E-state index is -3.55. The van der Waals surface area contributed by atoms with Crippen LogP contribution in [0.15, 0.2) is 41.3 Å². The lowest BCUT2D eigenvalue weighted by atomic mass is 10.1. The normalized spacial score (nSPS) is 11.9. The molecule has 0 aliphatic carbocycles. The topological polar surface area (TPSA) is 70.6 Å². The molecule has 0 aliphatic heterocycles. The van der Waals surface area contributed by atoms with Gasteiger partial charge in [0.15, 0.2) is 15.0 Å². The number of aryl methyl sites for hydroxylation is 2. The highest BCUT2D eigenvalue weighted by Gasteiger charge is 2.26. The number of likely N-dealkylation sites (N-methyl/N-ethyl adjacent to an activating group) is 1. The minimum Gasteiger partial charge on any atom is -0.302 e. The number of nitrogens with zero attached hydrogens (tertiary/aromatic N) is 3. The number of benzene rings is 2. The van der Waals surface area contributed by atoms with E-state index in [2.05, 4.69) is 31.7 Å². The van der Waals surface area contributed by atoms with Crippen LogP contribution in [0.2, 0.25) is 0 Å². The second-order valence-corrected chi connectivity index (χ2v) is 10.6. The van der Waals surface area contributed by atoms with Crippen molar-refractivity contribution in [3.05, 3.63) is 53.1 Å². The zero-order valence-electron chi connectivity index (χ0n) is 18.7. The van der Waals surface area contributed by atoms with Crippen molar-refractivity contribution in [2.24, 2.45) is 0 Å². The van der Waals surface area contributed by atoms with Crippen LogP contribution in [0.1, 0.15) is 35.3 Å². The number of hydrogen-bond acceptors (Lipinski definition) is 6. The highest BCUT2D eigenvalue weighted by atomic mass is 32.2. The molecule has 0 aliphatic rings. The second-order valence-electron chi connectivity index (χ2n) is 7.65. The molecule has 0 radical (unpaired) electrons. The maximum absolute atomic E-state index is 13.6. The molecule has 0 atom stereocenters. The molecule has 0 bridgehead atoms.